The van der Waals surface area contributed by atoms with Gasteiger partial charge in [-0.2, -0.15) is 0 Å². The van der Waals surface area contributed by atoms with E-state index in [1.807, 2.05) is 12.4 Å². The molecule has 0 radical (unpaired) electrons. The van der Waals surface area contributed by atoms with Gasteiger partial charge >= 0.3 is 0 Å². The minimum absolute atomic E-state index is 0.205. The Bertz CT molecular complexity index is 392. The second-order valence-electron chi connectivity index (χ2n) is 6.41. The van der Waals surface area contributed by atoms with Gasteiger partial charge in [0.1, 0.15) is 0 Å². The van der Waals surface area contributed by atoms with E-state index in [0.29, 0.717) is 0 Å². The first-order valence-electron chi connectivity index (χ1n) is 8.04. The normalized spacial score (nSPS) is 26.9. The Labute approximate surface area is 123 Å². The molecule has 1 aliphatic carbocycles. The highest BCUT2D eigenvalue weighted by atomic mass is 15.2. The fourth-order valence-corrected chi connectivity index (χ4v) is 3.70. The predicted molar refractivity (Wildman–Crippen MR) is 84.4 cm³/mol. The zero-order valence-electron chi connectivity index (χ0n) is 13.0. The van der Waals surface area contributed by atoms with Crippen molar-refractivity contribution in [2.75, 3.05) is 13.1 Å². The SMILES string of the molecule is CCCN(Cc1ccncc1)C1(CN)CCCC(C)C1. The maximum atomic E-state index is 6.23. The number of pyridine rings is 1. The van der Waals surface area contributed by atoms with Crippen molar-refractivity contribution in [3.05, 3.63) is 30.1 Å². The lowest BCUT2D eigenvalue weighted by molar-refractivity contribution is 0.0321. The molecule has 1 aromatic heterocycles. The Morgan fingerprint density at radius 1 is 1.40 bits per heavy atom. The third-order valence-electron chi connectivity index (χ3n) is 4.73. The molecule has 0 aliphatic heterocycles. The van der Waals surface area contributed by atoms with Gasteiger partial charge in [0.2, 0.25) is 0 Å². The van der Waals surface area contributed by atoms with Crippen molar-refractivity contribution < 1.29 is 0 Å². The molecule has 1 heterocycles. The summed E-state index contributed by atoms with van der Waals surface area (Å²) in [6.45, 7) is 7.55. The summed E-state index contributed by atoms with van der Waals surface area (Å²) in [5.74, 6) is 0.795. The molecule has 0 bridgehead atoms. The summed E-state index contributed by atoms with van der Waals surface area (Å²) < 4.78 is 0. The van der Waals surface area contributed by atoms with Crippen molar-refractivity contribution in [2.45, 2.75) is 58.0 Å². The molecule has 20 heavy (non-hydrogen) atoms. The number of aromatic nitrogens is 1. The summed E-state index contributed by atoms with van der Waals surface area (Å²) in [5, 5.41) is 0. The lowest BCUT2D eigenvalue weighted by Crippen LogP contribution is -2.56. The topological polar surface area (TPSA) is 42.2 Å². The maximum Gasteiger partial charge on any atom is 0.0337 e. The van der Waals surface area contributed by atoms with Crippen LogP contribution in [-0.4, -0.2) is 28.5 Å². The van der Waals surface area contributed by atoms with Crippen LogP contribution in [0.1, 0.15) is 51.5 Å². The number of hydrogen-bond donors (Lipinski definition) is 1. The van der Waals surface area contributed by atoms with Gasteiger partial charge in [-0.1, -0.05) is 26.7 Å². The highest BCUT2D eigenvalue weighted by Gasteiger charge is 2.38. The van der Waals surface area contributed by atoms with Gasteiger partial charge in [0.05, 0.1) is 0 Å². The molecular weight excluding hydrogens is 246 g/mol. The van der Waals surface area contributed by atoms with Gasteiger partial charge in [0.25, 0.3) is 0 Å². The molecule has 0 amide bonds. The van der Waals surface area contributed by atoms with Crippen LogP contribution in [0.2, 0.25) is 0 Å². The molecule has 2 N–H and O–H groups in total. The first-order chi connectivity index (χ1) is 9.70. The maximum absolute atomic E-state index is 6.23. The van der Waals surface area contributed by atoms with E-state index in [2.05, 4.69) is 35.9 Å². The van der Waals surface area contributed by atoms with Crippen molar-refractivity contribution in [1.82, 2.24) is 9.88 Å². The predicted octanol–water partition coefficient (Wildman–Crippen LogP) is 3.20. The minimum Gasteiger partial charge on any atom is -0.329 e. The molecule has 2 unspecified atom stereocenters. The van der Waals surface area contributed by atoms with Crippen LogP contribution in [-0.2, 0) is 6.54 Å². The molecule has 3 nitrogen and oxygen atoms in total. The first-order valence-corrected chi connectivity index (χ1v) is 8.04. The Morgan fingerprint density at radius 2 is 2.15 bits per heavy atom. The number of rotatable bonds is 6. The van der Waals surface area contributed by atoms with E-state index in [0.717, 1.165) is 25.6 Å². The van der Waals surface area contributed by atoms with Crippen molar-refractivity contribution in [2.24, 2.45) is 11.7 Å². The lowest BCUT2D eigenvalue weighted by atomic mass is 9.75. The second kappa shape index (κ2) is 7.19. The van der Waals surface area contributed by atoms with Crippen LogP contribution in [0.4, 0.5) is 0 Å². The van der Waals surface area contributed by atoms with E-state index in [-0.39, 0.29) is 5.54 Å². The van der Waals surface area contributed by atoms with Gasteiger partial charge in [0.15, 0.2) is 0 Å². The van der Waals surface area contributed by atoms with Crippen molar-refractivity contribution in [1.29, 1.82) is 0 Å². The van der Waals surface area contributed by atoms with E-state index in [4.69, 9.17) is 5.73 Å². The quantitative estimate of drug-likeness (QED) is 0.867. The number of hydrogen-bond acceptors (Lipinski definition) is 3. The molecule has 1 saturated carbocycles. The Kier molecular flexibility index (Phi) is 5.55. The molecule has 0 spiro atoms. The van der Waals surface area contributed by atoms with E-state index < -0.39 is 0 Å². The fourth-order valence-electron chi connectivity index (χ4n) is 3.70. The molecule has 1 aromatic rings. The zero-order valence-corrected chi connectivity index (χ0v) is 13.0. The van der Waals surface area contributed by atoms with Crippen molar-refractivity contribution in [3.63, 3.8) is 0 Å². The summed E-state index contributed by atoms with van der Waals surface area (Å²) >= 11 is 0. The molecule has 0 aromatic carbocycles. The summed E-state index contributed by atoms with van der Waals surface area (Å²) in [6, 6.07) is 4.25. The highest BCUT2D eigenvalue weighted by molar-refractivity contribution is 5.11. The van der Waals surface area contributed by atoms with Crippen LogP contribution in [0.15, 0.2) is 24.5 Å². The van der Waals surface area contributed by atoms with Crippen LogP contribution in [0.25, 0.3) is 0 Å². The Morgan fingerprint density at radius 3 is 2.75 bits per heavy atom. The summed E-state index contributed by atoms with van der Waals surface area (Å²) in [6.07, 6.45) is 10.1. The van der Waals surface area contributed by atoms with E-state index in [9.17, 15) is 0 Å². The smallest absolute Gasteiger partial charge is 0.0337 e. The van der Waals surface area contributed by atoms with Crippen LogP contribution >= 0.6 is 0 Å². The monoisotopic (exact) mass is 275 g/mol. The van der Waals surface area contributed by atoms with Crippen LogP contribution in [0.5, 0.6) is 0 Å². The van der Waals surface area contributed by atoms with E-state index in [1.54, 1.807) is 0 Å². The molecule has 0 saturated heterocycles. The van der Waals surface area contributed by atoms with Gasteiger partial charge in [0, 0.05) is 31.0 Å². The molecule has 3 heteroatoms. The second-order valence-corrected chi connectivity index (χ2v) is 6.41. The number of nitrogens with two attached hydrogens (primary N) is 1. The standard InChI is InChI=1S/C17H29N3/c1-3-11-20(13-16-6-9-19-10-7-16)17(14-18)8-4-5-15(2)12-17/h6-7,9-10,15H,3-5,8,11-14,18H2,1-2H3. The van der Waals surface area contributed by atoms with Crippen molar-refractivity contribution in [3.8, 4) is 0 Å². The lowest BCUT2D eigenvalue weighted by Gasteiger charge is -2.48. The third kappa shape index (κ3) is 3.58. The summed E-state index contributed by atoms with van der Waals surface area (Å²) in [4.78, 5) is 6.75. The zero-order chi connectivity index (χ0) is 14.4. The summed E-state index contributed by atoms with van der Waals surface area (Å²) in [7, 11) is 0. The number of nitrogens with zero attached hydrogens (tertiary/aromatic N) is 2. The molecule has 1 fully saturated rings. The molecular formula is C17H29N3. The fraction of sp³-hybridized carbons (Fsp3) is 0.706. The molecule has 2 rings (SSSR count). The highest BCUT2D eigenvalue weighted by Crippen LogP contribution is 2.37. The van der Waals surface area contributed by atoms with Crippen LogP contribution in [0, 0.1) is 5.92 Å². The van der Waals surface area contributed by atoms with Gasteiger partial charge in [-0.15, -0.1) is 0 Å². The largest absolute Gasteiger partial charge is 0.329 e. The minimum atomic E-state index is 0.205. The van der Waals surface area contributed by atoms with E-state index in [1.165, 1.54) is 37.7 Å². The molecule has 112 valence electrons. The summed E-state index contributed by atoms with van der Waals surface area (Å²) in [5.41, 5.74) is 7.78. The van der Waals surface area contributed by atoms with Crippen LogP contribution < -0.4 is 5.73 Å². The van der Waals surface area contributed by atoms with E-state index >= 15 is 0 Å². The molecule has 1 aliphatic rings. The third-order valence-corrected chi connectivity index (χ3v) is 4.73. The van der Waals surface area contributed by atoms with Gasteiger partial charge in [-0.05, 0) is 49.4 Å². The van der Waals surface area contributed by atoms with Crippen LogP contribution in [0.3, 0.4) is 0 Å². The van der Waals surface area contributed by atoms with Gasteiger partial charge in [-0.3, -0.25) is 9.88 Å². The van der Waals surface area contributed by atoms with Gasteiger partial charge in [-0.25, -0.2) is 0 Å². The Hall–Kier alpha value is -0.930. The average molecular weight is 275 g/mol. The van der Waals surface area contributed by atoms with Gasteiger partial charge < -0.3 is 5.73 Å². The Balaban J connectivity index is 2.16. The van der Waals surface area contributed by atoms with Crippen molar-refractivity contribution >= 4 is 0 Å². The average Bonchev–Trinajstić information content (AvgIpc) is 2.48. The molecule has 2 atom stereocenters. The first kappa shape index (κ1) is 15.5.